The van der Waals surface area contributed by atoms with E-state index in [2.05, 4.69) is 24.1 Å². The summed E-state index contributed by atoms with van der Waals surface area (Å²) in [5.74, 6) is 1.15. The van der Waals surface area contributed by atoms with Crippen LogP contribution in [-0.2, 0) is 0 Å². The van der Waals surface area contributed by atoms with Crippen molar-refractivity contribution in [1.82, 2.24) is 4.90 Å². The number of nitrogens with zero attached hydrogens (tertiary/aromatic N) is 1. The molecule has 0 amide bonds. The van der Waals surface area contributed by atoms with Crippen LogP contribution >= 0.6 is 11.6 Å². The number of hydrogen-bond acceptors (Lipinski definition) is 2. The van der Waals surface area contributed by atoms with Crippen LogP contribution < -0.4 is 5.73 Å². The summed E-state index contributed by atoms with van der Waals surface area (Å²) in [6.07, 6.45) is 0. The maximum atomic E-state index is 5.88. The molecule has 1 aromatic rings. The Morgan fingerprint density at radius 1 is 1.33 bits per heavy atom. The molecule has 0 spiro atoms. The first-order valence-corrected chi connectivity index (χ1v) is 5.72. The Bertz CT molecular complexity index is 323. The first-order valence-electron chi connectivity index (χ1n) is 5.35. The van der Waals surface area contributed by atoms with Gasteiger partial charge < -0.3 is 10.6 Å². The Morgan fingerprint density at radius 3 is 2.60 bits per heavy atom. The summed E-state index contributed by atoms with van der Waals surface area (Å²) >= 11 is 5.88. The lowest BCUT2D eigenvalue weighted by atomic mass is 9.89. The summed E-state index contributed by atoms with van der Waals surface area (Å²) in [6.45, 7) is 2.96. The van der Waals surface area contributed by atoms with Crippen LogP contribution in [0, 0.1) is 5.92 Å². The summed E-state index contributed by atoms with van der Waals surface area (Å²) in [4.78, 5) is 2.34. The van der Waals surface area contributed by atoms with E-state index < -0.39 is 0 Å². The van der Waals surface area contributed by atoms with Gasteiger partial charge in [-0.1, -0.05) is 23.7 Å². The topological polar surface area (TPSA) is 29.3 Å². The molecule has 2 atom stereocenters. The molecule has 0 aromatic heterocycles. The molecule has 15 heavy (non-hydrogen) atoms. The van der Waals surface area contributed by atoms with Crippen LogP contribution in [-0.4, -0.2) is 31.6 Å². The molecule has 82 valence electrons. The van der Waals surface area contributed by atoms with Gasteiger partial charge in [-0.25, -0.2) is 0 Å². The Hall–Kier alpha value is -0.570. The molecule has 2 nitrogen and oxygen atoms in total. The number of likely N-dealkylation sites (tertiary alicyclic amines) is 1. The summed E-state index contributed by atoms with van der Waals surface area (Å²) in [6, 6.07) is 8.16. The number of nitrogens with two attached hydrogens (primary N) is 1. The Balaban J connectivity index is 2.19. The van der Waals surface area contributed by atoms with Crippen LogP contribution in [0.2, 0.25) is 5.02 Å². The van der Waals surface area contributed by atoms with Gasteiger partial charge in [0.15, 0.2) is 0 Å². The summed E-state index contributed by atoms with van der Waals surface area (Å²) in [5, 5.41) is 0.800. The quantitative estimate of drug-likeness (QED) is 0.832. The first-order chi connectivity index (χ1) is 7.20. The van der Waals surface area contributed by atoms with Gasteiger partial charge in [-0.15, -0.1) is 0 Å². The molecule has 2 N–H and O–H groups in total. The van der Waals surface area contributed by atoms with E-state index in [0.717, 1.165) is 24.7 Å². The molecule has 0 unspecified atom stereocenters. The van der Waals surface area contributed by atoms with E-state index in [1.165, 1.54) is 5.56 Å². The highest BCUT2D eigenvalue weighted by molar-refractivity contribution is 6.30. The molecule has 1 fully saturated rings. The van der Waals surface area contributed by atoms with E-state index in [9.17, 15) is 0 Å². The predicted molar refractivity (Wildman–Crippen MR) is 64.2 cm³/mol. The molecule has 0 saturated carbocycles. The van der Waals surface area contributed by atoms with Crippen LogP contribution in [0.5, 0.6) is 0 Å². The highest BCUT2D eigenvalue weighted by Crippen LogP contribution is 2.31. The fourth-order valence-electron chi connectivity index (χ4n) is 2.41. The van der Waals surface area contributed by atoms with E-state index in [4.69, 9.17) is 17.3 Å². The molecule has 0 aliphatic carbocycles. The maximum Gasteiger partial charge on any atom is 0.0406 e. The van der Waals surface area contributed by atoms with Crippen LogP contribution in [0.4, 0.5) is 0 Å². The standard InChI is InChI=1S/C12H17ClN2/c1-15-7-10(6-14)12(8-15)9-2-4-11(13)5-3-9/h2-5,10,12H,6-8,14H2,1H3/t10-,12-/m0/s1. The van der Waals surface area contributed by atoms with Crippen molar-refractivity contribution in [3.8, 4) is 0 Å². The largest absolute Gasteiger partial charge is 0.330 e. The molecule has 0 bridgehead atoms. The van der Waals surface area contributed by atoms with E-state index in [1.807, 2.05) is 12.1 Å². The third-order valence-electron chi connectivity index (χ3n) is 3.22. The lowest BCUT2D eigenvalue weighted by molar-refractivity contribution is 0.397. The predicted octanol–water partition coefficient (Wildman–Crippen LogP) is 1.94. The molecule has 1 saturated heterocycles. The van der Waals surface area contributed by atoms with Crippen molar-refractivity contribution in [2.24, 2.45) is 11.7 Å². The second kappa shape index (κ2) is 4.52. The summed E-state index contributed by atoms with van der Waals surface area (Å²) in [7, 11) is 2.15. The maximum absolute atomic E-state index is 5.88. The third kappa shape index (κ3) is 2.33. The molecule has 1 aliphatic heterocycles. The van der Waals surface area contributed by atoms with E-state index >= 15 is 0 Å². The molecule has 3 heteroatoms. The number of benzene rings is 1. The number of hydrogen-bond donors (Lipinski definition) is 1. The van der Waals surface area contributed by atoms with Crippen molar-refractivity contribution in [2.45, 2.75) is 5.92 Å². The van der Waals surface area contributed by atoms with Gasteiger partial charge >= 0.3 is 0 Å². The zero-order valence-corrected chi connectivity index (χ0v) is 9.74. The van der Waals surface area contributed by atoms with Gasteiger partial charge in [0.05, 0.1) is 0 Å². The van der Waals surface area contributed by atoms with Gasteiger partial charge in [0.2, 0.25) is 0 Å². The third-order valence-corrected chi connectivity index (χ3v) is 3.48. The minimum absolute atomic E-state index is 0.567. The Kier molecular flexibility index (Phi) is 3.29. The average molecular weight is 225 g/mol. The molecule has 2 rings (SSSR count). The molecule has 0 radical (unpaired) electrons. The average Bonchev–Trinajstić information content (AvgIpc) is 2.61. The lowest BCUT2D eigenvalue weighted by Crippen LogP contribution is -2.21. The minimum atomic E-state index is 0.567. The monoisotopic (exact) mass is 224 g/mol. The Morgan fingerprint density at radius 2 is 2.00 bits per heavy atom. The second-order valence-electron chi connectivity index (χ2n) is 4.38. The molecule has 1 aromatic carbocycles. The molecule has 1 heterocycles. The summed E-state index contributed by atoms with van der Waals surface area (Å²) < 4.78 is 0. The smallest absolute Gasteiger partial charge is 0.0406 e. The van der Waals surface area contributed by atoms with Gasteiger partial charge in [0.25, 0.3) is 0 Å². The fourth-order valence-corrected chi connectivity index (χ4v) is 2.54. The highest BCUT2D eigenvalue weighted by Gasteiger charge is 2.30. The van der Waals surface area contributed by atoms with E-state index in [1.54, 1.807) is 0 Å². The SMILES string of the molecule is CN1C[C@H](CN)[C@H](c2ccc(Cl)cc2)C1. The van der Waals surface area contributed by atoms with Crippen LogP contribution in [0.3, 0.4) is 0 Å². The minimum Gasteiger partial charge on any atom is -0.330 e. The van der Waals surface area contributed by atoms with E-state index in [-0.39, 0.29) is 0 Å². The number of halogens is 1. The van der Waals surface area contributed by atoms with Crippen LogP contribution in [0.25, 0.3) is 0 Å². The van der Waals surface area contributed by atoms with Gasteiger partial charge in [-0.05, 0) is 37.2 Å². The van der Waals surface area contributed by atoms with Crippen molar-refractivity contribution < 1.29 is 0 Å². The van der Waals surface area contributed by atoms with Crippen molar-refractivity contribution in [3.63, 3.8) is 0 Å². The van der Waals surface area contributed by atoms with Crippen molar-refractivity contribution in [2.75, 3.05) is 26.7 Å². The second-order valence-corrected chi connectivity index (χ2v) is 4.81. The van der Waals surface area contributed by atoms with E-state index in [0.29, 0.717) is 11.8 Å². The van der Waals surface area contributed by atoms with Gasteiger partial charge in [0, 0.05) is 24.0 Å². The normalized spacial score (nSPS) is 27.1. The van der Waals surface area contributed by atoms with Crippen LogP contribution in [0.15, 0.2) is 24.3 Å². The molecular weight excluding hydrogens is 208 g/mol. The van der Waals surface area contributed by atoms with Crippen molar-refractivity contribution >= 4 is 11.6 Å². The molecule has 1 aliphatic rings. The van der Waals surface area contributed by atoms with Crippen molar-refractivity contribution in [1.29, 1.82) is 0 Å². The van der Waals surface area contributed by atoms with Gasteiger partial charge in [0.1, 0.15) is 0 Å². The fraction of sp³-hybridized carbons (Fsp3) is 0.500. The zero-order valence-electron chi connectivity index (χ0n) is 8.99. The molecular formula is C12H17ClN2. The number of rotatable bonds is 2. The van der Waals surface area contributed by atoms with Crippen LogP contribution in [0.1, 0.15) is 11.5 Å². The van der Waals surface area contributed by atoms with Gasteiger partial charge in [-0.3, -0.25) is 0 Å². The highest BCUT2D eigenvalue weighted by atomic mass is 35.5. The number of likely N-dealkylation sites (N-methyl/N-ethyl adjacent to an activating group) is 1. The first kappa shape index (κ1) is 10.9. The lowest BCUT2D eigenvalue weighted by Gasteiger charge is -2.16. The zero-order chi connectivity index (χ0) is 10.8. The van der Waals surface area contributed by atoms with Crippen molar-refractivity contribution in [3.05, 3.63) is 34.9 Å². The Labute approximate surface area is 96.0 Å². The summed E-state index contributed by atoms with van der Waals surface area (Å²) in [5.41, 5.74) is 7.16. The van der Waals surface area contributed by atoms with Gasteiger partial charge in [-0.2, -0.15) is 0 Å².